The lowest BCUT2D eigenvalue weighted by Crippen LogP contribution is -2.12. The molecule has 3 nitrogen and oxygen atoms in total. The van der Waals surface area contributed by atoms with E-state index in [1.165, 1.54) is 0 Å². The van der Waals surface area contributed by atoms with Crippen LogP contribution in [0, 0.1) is 13.8 Å². The summed E-state index contributed by atoms with van der Waals surface area (Å²) in [6, 6.07) is 0. The van der Waals surface area contributed by atoms with Crippen LogP contribution in [0.4, 0.5) is 0 Å². The highest BCUT2D eigenvalue weighted by atomic mass is 35.5. The minimum atomic E-state index is 0. The first-order valence-corrected chi connectivity index (χ1v) is 3.94. The lowest BCUT2D eigenvalue weighted by atomic mass is 10.4. The molecule has 0 fully saturated rings. The summed E-state index contributed by atoms with van der Waals surface area (Å²) < 4.78 is 1.83. The van der Waals surface area contributed by atoms with Gasteiger partial charge in [0, 0.05) is 6.54 Å². The fourth-order valence-electron chi connectivity index (χ4n) is 1.02. The van der Waals surface area contributed by atoms with Crippen molar-refractivity contribution in [2.45, 2.75) is 20.4 Å². The van der Waals surface area contributed by atoms with E-state index in [0.717, 1.165) is 23.0 Å². The van der Waals surface area contributed by atoms with Crippen LogP contribution < -0.4 is 5.73 Å². The molecule has 1 rings (SSSR count). The minimum absolute atomic E-state index is 0. The van der Waals surface area contributed by atoms with E-state index in [4.69, 9.17) is 17.3 Å². The maximum atomic E-state index is 5.91. The Labute approximate surface area is 83.3 Å². The third kappa shape index (κ3) is 2.12. The first kappa shape index (κ1) is 11.8. The van der Waals surface area contributed by atoms with Crippen molar-refractivity contribution in [3.63, 3.8) is 0 Å². The van der Waals surface area contributed by atoms with E-state index in [9.17, 15) is 0 Å². The summed E-state index contributed by atoms with van der Waals surface area (Å²) in [4.78, 5) is 0. The molecule has 1 heterocycles. The number of hydrogen-bond acceptors (Lipinski definition) is 2. The van der Waals surface area contributed by atoms with Gasteiger partial charge in [0.1, 0.15) is 0 Å². The van der Waals surface area contributed by atoms with Crippen LogP contribution >= 0.6 is 24.0 Å². The highest BCUT2D eigenvalue weighted by Crippen LogP contribution is 2.18. The van der Waals surface area contributed by atoms with E-state index in [1.54, 1.807) is 0 Å². The molecule has 70 valence electrons. The molecule has 1 aromatic heterocycles. The third-order valence-corrected chi connectivity index (χ3v) is 2.18. The molecule has 0 aliphatic heterocycles. The Hall–Kier alpha value is -0.250. The Bertz CT molecular complexity index is 257. The normalized spacial score (nSPS) is 9.67. The SMILES string of the molecule is Cc1nn(CCN)c(C)c1Cl.Cl. The van der Waals surface area contributed by atoms with Crippen molar-refractivity contribution >= 4 is 24.0 Å². The van der Waals surface area contributed by atoms with Gasteiger partial charge < -0.3 is 5.73 Å². The van der Waals surface area contributed by atoms with Crippen LogP contribution in [-0.2, 0) is 6.54 Å². The summed E-state index contributed by atoms with van der Waals surface area (Å²) in [5.74, 6) is 0. The number of nitrogens with zero attached hydrogens (tertiary/aromatic N) is 2. The second-order valence-electron chi connectivity index (χ2n) is 2.50. The van der Waals surface area contributed by atoms with Crippen molar-refractivity contribution in [1.82, 2.24) is 9.78 Å². The van der Waals surface area contributed by atoms with E-state index in [2.05, 4.69) is 5.10 Å². The van der Waals surface area contributed by atoms with Crippen molar-refractivity contribution in [1.29, 1.82) is 0 Å². The molecule has 12 heavy (non-hydrogen) atoms. The Balaban J connectivity index is 0.00000121. The molecule has 0 atom stereocenters. The Kier molecular flexibility index (Phi) is 4.60. The molecule has 0 amide bonds. The van der Waals surface area contributed by atoms with Gasteiger partial charge in [-0.25, -0.2) is 0 Å². The highest BCUT2D eigenvalue weighted by molar-refractivity contribution is 6.31. The first-order valence-electron chi connectivity index (χ1n) is 3.56. The summed E-state index contributed by atoms with van der Waals surface area (Å²) in [5, 5.41) is 4.95. The smallest absolute Gasteiger partial charge is 0.0844 e. The van der Waals surface area contributed by atoms with Gasteiger partial charge in [-0.1, -0.05) is 11.6 Å². The van der Waals surface area contributed by atoms with E-state index in [1.807, 2.05) is 18.5 Å². The summed E-state index contributed by atoms with van der Waals surface area (Å²) in [6.07, 6.45) is 0. The van der Waals surface area contributed by atoms with Gasteiger partial charge in [0.15, 0.2) is 0 Å². The topological polar surface area (TPSA) is 43.8 Å². The number of aromatic nitrogens is 2. The van der Waals surface area contributed by atoms with Gasteiger partial charge in [0.25, 0.3) is 0 Å². The fourth-order valence-corrected chi connectivity index (χ4v) is 1.15. The van der Waals surface area contributed by atoms with Gasteiger partial charge in [-0.15, -0.1) is 12.4 Å². The molecule has 0 aliphatic rings. The average molecular weight is 210 g/mol. The molecule has 1 aromatic rings. The zero-order valence-electron chi connectivity index (χ0n) is 7.17. The Morgan fingerprint density at radius 2 is 2.08 bits per heavy atom. The van der Waals surface area contributed by atoms with Gasteiger partial charge >= 0.3 is 0 Å². The summed E-state index contributed by atoms with van der Waals surface area (Å²) in [5.41, 5.74) is 7.25. The highest BCUT2D eigenvalue weighted by Gasteiger charge is 2.06. The molecule has 0 saturated carbocycles. The zero-order valence-corrected chi connectivity index (χ0v) is 8.74. The second-order valence-corrected chi connectivity index (χ2v) is 2.87. The van der Waals surface area contributed by atoms with Crippen LogP contribution in [0.25, 0.3) is 0 Å². The number of halogens is 2. The van der Waals surface area contributed by atoms with Gasteiger partial charge in [0.05, 0.1) is 23.0 Å². The largest absolute Gasteiger partial charge is 0.329 e. The van der Waals surface area contributed by atoms with Crippen LogP contribution in [0.15, 0.2) is 0 Å². The summed E-state index contributed by atoms with van der Waals surface area (Å²) >= 11 is 5.91. The molecular weight excluding hydrogens is 197 g/mol. The Morgan fingerprint density at radius 3 is 2.42 bits per heavy atom. The van der Waals surface area contributed by atoms with E-state index in [-0.39, 0.29) is 12.4 Å². The van der Waals surface area contributed by atoms with Gasteiger partial charge in [0.2, 0.25) is 0 Å². The average Bonchev–Trinajstić information content (AvgIpc) is 2.19. The van der Waals surface area contributed by atoms with Crippen LogP contribution in [-0.4, -0.2) is 16.3 Å². The van der Waals surface area contributed by atoms with Gasteiger partial charge in [-0.05, 0) is 13.8 Å². The number of aryl methyl sites for hydroxylation is 1. The van der Waals surface area contributed by atoms with Gasteiger partial charge in [-0.3, -0.25) is 4.68 Å². The molecule has 0 unspecified atom stereocenters. The van der Waals surface area contributed by atoms with Crippen LogP contribution in [0.5, 0.6) is 0 Å². The standard InChI is InChI=1S/C7H12ClN3.ClH/c1-5-7(8)6(2)11(10-5)4-3-9;/h3-4,9H2,1-2H3;1H. The maximum absolute atomic E-state index is 5.91. The van der Waals surface area contributed by atoms with Crippen LogP contribution in [0.1, 0.15) is 11.4 Å². The monoisotopic (exact) mass is 209 g/mol. The molecule has 0 radical (unpaired) electrons. The van der Waals surface area contributed by atoms with Crippen LogP contribution in [0.2, 0.25) is 5.02 Å². The molecule has 2 N–H and O–H groups in total. The molecule has 0 bridgehead atoms. The van der Waals surface area contributed by atoms with Crippen molar-refractivity contribution < 1.29 is 0 Å². The molecule has 0 spiro atoms. The van der Waals surface area contributed by atoms with E-state index in [0.29, 0.717) is 6.54 Å². The first-order chi connectivity index (χ1) is 5.16. The van der Waals surface area contributed by atoms with Crippen molar-refractivity contribution in [2.24, 2.45) is 5.73 Å². The molecule has 0 saturated heterocycles. The van der Waals surface area contributed by atoms with Crippen molar-refractivity contribution in [3.8, 4) is 0 Å². The minimum Gasteiger partial charge on any atom is -0.329 e. The Morgan fingerprint density at radius 1 is 1.50 bits per heavy atom. The summed E-state index contributed by atoms with van der Waals surface area (Å²) in [7, 11) is 0. The van der Waals surface area contributed by atoms with Gasteiger partial charge in [-0.2, -0.15) is 5.10 Å². The molecule has 5 heteroatoms. The quantitative estimate of drug-likeness (QED) is 0.804. The number of nitrogens with two attached hydrogens (primary N) is 1. The van der Waals surface area contributed by atoms with Crippen molar-refractivity contribution in [2.75, 3.05) is 6.54 Å². The van der Waals surface area contributed by atoms with E-state index >= 15 is 0 Å². The molecular formula is C7H13Cl2N3. The third-order valence-electron chi connectivity index (χ3n) is 1.63. The zero-order chi connectivity index (χ0) is 8.43. The van der Waals surface area contributed by atoms with Crippen LogP contribution in [0.3, 0.4) is 0 Å². The predicted octanol–water partition coefficient (Wildman–Crippen LogP) is 1.53. The lowest BCUT2D eigenvalue weighted by molar-refractivity contribution is 0.604. The van der Waals surface area contributed by atoms with Crippen molar-refractivity contribution in [3.05, 3.63) is 16.4 Å². The number of rotatable bonds is 2. The lowest BCUT2D eigenvalue weighted by Gasteiger charge is -1.99. The predicted molar refractivity (Wildman–Crippen MR) is 53.0 cm³/mol. The second kappa shape index (κ2) is 4.70. The summed E-state index contributed by atoms with van der Waals surface area (Å²) in [6.45, 7) is 5.16. The maximum Gasteiger partial charge on any atom is 0.0844 e. The molecule has 0 aromatic carbocycles. The van der Waals surface area contributed by atoms with E-state index < -0.39 is 0 Å². The fraction of sp³-hybridized carbons (Fsp3) is 0.571. The molecule has 0 aliphatic carbocycles. The number of hydrogen-bond donors (Lipinski definition) is 1.